The molecule has 0 atom stereocenters. The number of hydrogen-bond acceptors (Lipinski definition) is 8. The lowest BCUT2D eigenvalue weighted by atomic mass is 9.98. The summed E-state index contributed by atoms with van der Waals surface area (Å²) in [5.41, 5.74) is 5.48. The molecule has 0 aliphatic rings. The van der Waals surface area contributed by atoms with Gasteiger partial charge in [-0.3, -0.25) is 9.59 Å². The van der Waals surface area contributed by atoms with Crippen LogP contribution in [0.25, 0.3) is 0 Å². The second-order valence-corrected chi connectivity index (χ2v) is 16.6. The SMILES string of the molecule is COc1cc(C(C)C)c(Br)cc1C=O.COc1cc(C(C)C)c(Br)cc1O.COc1cc(C(C)C)c(C=O)cc1Br.COc1cc(C(C)C)c(O)cc1Br. The molecule has 296 valence electrons. The van der Waals surface area contributed by atoms with E-state index in [0.29, 0.717) is 52.0 Å². The zero-order chi connectivity index (χ0) is 41.4. The fourth-order valence-electron chi connectivity index (χ4n) is 4.98. The minimum Gasteiger partial charge on any atom is -0.508 e. The largest absolute Gasteiger partial charge is 0.508 e. The number of aromatic hydroxyl groups is 2. The van der Waals surface area contributed by atoms with Crippen molar-refractivity contribution in [2.75, 3.05) is 28.4 Å². The lowest BCUT2D eigenvalue weighted by molar-refractivity contribution is 0.111. The van der Waals surface area contributed by atoms with Gasteiger partial charge in [-0.25, -0.2) is 0 Å². The van der Waals surface area contributed by atoms with E-state index >= 15 is 0 Å². The molecule has 0 radical (unpaired) electrons. The number of ether oxygens (including phenoxy) is 4. The van der Waals surface area contributed by atoms with Crippen LogP contribution >= 0.6 is 63.7 Å². The van der Waals surface area contributed by atoms with E-state index in [0.717, 1.165) is 64.2 Å². The van der Waals surface area contributed by atoms with E-state index < -0.39 is 0 Å². The Morgan fingerprint density at radius 3 is 1.17 bits per heavy atom. The molecular weight excluding hydrogens is 952 g/mol. The summed E-state index contributed by atoms with van der Waals surface area (Å²) in [5.74, 6) is 4.56. The summed E-state index contributed by atoms with van der Waals surface area (Å²) in [7, 11) is 6.35. The van der Waals surface area contributed by atoms with Gasteiger partial charge in [-0.15, -0.1) is 0 Å². The Morgan fingerprint density at radius 1 is 0.426 bits per heavy atom. The van der Waals surface area contributed by atoms with Crippen molar-refractivity contribution in [2.45, 2.75) is 79.1 Å². The van der Waals surface area contributed by atoms with Crippen molar-refractivity contribution < 1.29 is 38.7 Å². The van der Waals surface area contributed by atoms with Gasteiger partial charge >= 0.3 is 0 Å². The Labute approximate surface area is 354 Å². The van der Waals surface area contributed by atoms with E-state index in [1.165, 1.54) is 0 Å². The average Bonchev–Trinajstić information content (AvgIpc) is 3.11. The minimum absolute atomic E-state index is 0.166. The molecule has 54 heavy (non-hydrogen) atoms. The summed E-state index contributed by atoms with van der Waals surface area (Å²) in [6.07, 6.45) is 1.67. The van der Waals surface area contributed by atoms with Gasteiger partial charge in [0.05, 0.1) is 42.9 Å². The Bertz CT molecular complexity index is 1770. The molecule has 0 amide bonds. The van der Waals surface area contributed by atoms with Crippen LogP contribution < -0.4 is 18.9 Å². The minimum atomic E-state index is 0.166. The monoisotopic (exact) mass is 1000 g/mol. The molecular formula is C42H52Br4O8. The van der Waals surface area contributed by atoms with Gasteiger partial charge in [-0.05, 0) is 121 Å². The fourth-order valence-corrected chi connectivity index (χ4v) is 7.61. The molecule has 0 saturated heterocycles. The number of carbonyl (C=O) groups excluding carboxylic acids is 2. The van der Waals surface area contributed by atoms with E-state index in [2.05, 4.69) is 105 Å². The molecule has 4 aromatic carbocycles. The zero-order valence-corrected chi connectivity index (χ0v) is 39.3. The predicted molar refractivity (Wildman–Crippen MR) is 233 cm³/mol. The van der Waals surface area contributed by atoms with E-state index in [4.69, 9.17) is 18.9 Å². The van der Waals surface area contributed by atoms with Gasteiger partial charge in [0, 0.05) is 20.1 Å². The van der Waals surface area contributed by atoms with Gasteiger partial charge in [0.2, 0.25) is 0 Å². The van der Waals surface area contributed by atoms with Gasteiger partial charge in [0.25, 0.3) is 0 Å². The topological polar surface area (TPSA) is 112 Å². The number of hydrogen-bond donors (Lipinski definition) is 2. The number of halogens is 4. The molecule has 0 spiro atoms. The molecule has 0 fully saturated rings. The van der Waals surface area contributed by atoms with Crippen LogP contribution in [0.15, 0.2) is 66.4 Å². The van der Waals surface area contributed by atoms with Crippen molar-refractivity contribution in [2.24, 2.45) is 0 Å². The Morgan fingerprint density at radius 2 is 0.759 bits per heavy atom. The van der Waals surface area contributed by atoms with Gasteiger partial charge in [0.1, 0.15) is 29.3 Å². The number of phenols is 2. The quantitative estimate of drug-likeness (QED) is 0.151. The Balaban J connectivity index is 0.000000360. The molecule has 12 heteroatoms. The van der Waals surface area contributed by atoms with Crippen LogP contribution in [0, 0.1) is 0 Å². The second kappa shape index (κ2) is 23.8. The maximum absolute atomic E-state index is 10.8. The summed E-state index contributed by atoms with van der Waals surface area (Å²) in [4.78, 5) is 21.5. The standard InChI is InChI=1S/2C11H13BrO2.2C10H13BrO2/c1-7(2)9-5-11(14-3)8(6-13)4-10(9)12;1-7(2)9-5-11(14-3)10(12)4-8(9)6-13;1-6(2)7-4-10(13-3)8(11)5-9(7)12;1-6(2)7-4-10(13-3)9(12)5-8(7)11/h2*4-7H,1-3H3;2*4-6,12H,1-3H3. The molecule has 0 saturated carbocycles. The number of rotatable bonds is 10. The van der Waals surface area contributed by atoms with E-state index in [1.54, 1.807) is 52.7 Å². The highest BCUT2D eigenvalue weighted by Crippen LogP contribution is 2.37. The number of carbonyl (C=O) groups is 2. The van der Waals surface area contributed by atoms with Crippen molar-refractivity contribution in [1.29, 1.82) is 0 Å². The molecule has 8 nitrogen and oxygen atoms in total. The molecule has 0 aliphatic carbocycles. The maximum atomic E-state index is 10.8. The van der Waals surface area contributed by atoms with Gasteiger partial charge < -0.3 is 29.2 Å². The third kappa shape index (κ3) is 14.2. The van der Waals surface area contributed by atoms with Crippen LogP contribution in [-0.2, 0) is 0 Å². The number of benzene rings is 4. The summed E-state index contributed by atoms with van der Waals surface area (Å²) >= 11 is 13.5. The smallest absolute Gasteiger partial charge is 0.160 e. The van der Waals surface area contributed by atoms with Gasteiger partial charge in [-0.1, -0.05) is 87.2 Å². The van der Waals surface area contributed by atoms with Crippen LogP contribution in [0.4, 0.5) is 0 Å². The summed E-state index contributed by atoms with van der Waals surface area (Å²) in [6, 6.07) is 14.4. The summed E-state index contributed by atoms with van der Waals surface area (Å²) in [6.45, 7) is 16.5. The molecule has 0 aromatic heterocycles. The number of phenolic OH excluding ortho intramolecular Hbond substituents is 2. The van der Waals surface area contributed by atoms with Crippen molar-refractivity contribution >= 4 is 76.3 Å². The second-order valence-electron chi connectivity index (χ2n) is 13.2. The van der Waals surface area contributed by atoms with Crippen LogP contribution in [0.2, 0.25) is 0 Å². The Hall–Kier alpha value is -3.06. The molecule has 0 bridgehead atoms. The van der Waals surface area contributed by atoms with Crippen LogP contribution in [0.5, 0.6) is 34.5 Å². The molecule has 4 rings (SSSR count). The highest BCUT2D eigenvalue weighted by molar-refractivity contribution is 9.11. The number of methoxy groups -OCH3 is 4. The normalized spacial score (nSPS) is 10.4. The van der Waals surface area contributed by atoms with Crippen molar-refractivity contribution in [3.63, 3.8) is 0 Å². The van der Waals surface area contributed by atoms with Crippen molar-refractivity contribution in [1.82, 2.24) is 0 Å². The molecule has 0 aliphatic heterocycles. The first-order chi connectivity index (χ1) is 25.3. The first-order valence-corrected chi connectivity index (χ1v) is 20.3. The van der Waals surface area contributed by atoms with E-state index in [1.807, 2.05) is 38.1 Å². The molecule has 4 aromatic rings. The zero-order valence-electron chi connectivity index (χ0n) is 32.9. The van der Waals surface area contributed by atoms with Gasteiger partial charge in [-0.2, -0.15) is 0 Å². The first kappa shape index (κ1) is 49.0. The summed E-state index contributed by atoms with van der Waals surface area (Å²) < 4.78 is 23.9. The maximum Gasteiger partial charge on any atom is 0.160 e. The van der Waals surface area contributed by atoms with E-state index in [9.17, 15) is 19.8 Å². The number of aldehydes is 2. The third-order valence-electron chi connectivity index (χ3n) is 8.05. The lowest BCUT2D eigenvalue weighted by Crippen LogP contribution is -1.97. The highest BCUT2D eigenvalue weighted by atomic mass is 79.9. The lowest BCUT2D eigenvalue weighted by Gasteiger charge is -2.12. The molecule has 0 unspecified atom stereocenters. The first-order valence-electron chi connectivity index (χ1n) is 17.1. The predicted octanol–water partition coefficient (Wildman–Crippen LogP) is 13.4. The fraction of sp³-hybridized carbons (Fsp3) is 0.381. The Kier molecular flexibility index (Phi) is 21.5. The average molecular weight is 1000 g/mol. The summed E-state index contributed by atoms with van der Waals surface area (Å²) in [5, 5.41) is 19.0. The van der Waals surface area contributed by atoms with Crippen LogP contribution in [-0.4, -0.2) is 51.2 Å². The van der Waals surface area contributed by atoms with Crippen molar-refractivity contribution in [3.05, 3.63) is 99.8 Å². The van der Waals surface area contributed by atoms with Crippen LogP contribution in [0.1, 0.15) is 122 Å². The molecule has 2 N–H and O–H groups in total. The third-order valence-corrected chi connectivity index (χ3v) is 10.7. The van der Waals surface area contributed by atoms with E-state index in [-0.39, 0.29) is 5.75 Å². The van der Waals surface area contributed by atoms with Crippen molar-refractivity contribution in [3.8, 4) is 34.5 Å². The van der Waals surface area contributed by atoms with Gasteiger partial charge in [0.15, 0.2) is 17.8 Å². The molecule has 0 heterocycles. The highest BCUT2D eigenvalue weighted by Gasteiger charge is 2.13. The van der Waals surface area contributed by atoms with Crippen LogP contribution in [0.3, 0.4) is 0 Å².